The maximum Gasteiger partial charge on any atom is 0.136 e. The van der Waals surface area contributed by atoms with E-state index in [1.54, 1.807) is 0 Å². The molecular formula is C10H22N2O. The minimum Gasteiger partial charge on any atom is -0.322 e. The Morgan fingerprint density at radius 1 is 1.38 bits per heavy atom. The normalized spacial score (nSPS) is 14.2. The van der Waals surface area contributed by atoms with Crippen LogP contribution in [0.4, 0.5) is 0 Å². The Kier molecular flexibility index (Phi) is 5.91. The Hall–Kier alpha value is -0.410. The first-order valence-electron chi connectivity index (χ1n) is 4.91. The molecule has 1 unspecified atom stereocenters. The largest absolute Gasteiger partial charge is 0.322 e. The summed E-state index contributed by atoms with van der Waals surface area (Å²) in [5.41, 5.74) is 5.64. The second-order valence-electron chi connectivity index (χ2n) is 4.47. The summed E-state index contributed by atoms with van der Waals surface area (Å²) >= 11 is 0. The molecule has 0 aromatic carbocycles. The second kappa shape index (κ2) is 6.11. The summed E-state index contributed by atoms with van der Waals surface area (Å²) in [6.07, 6.45) is 3.72. The molecule has 0 aliphatic carbocycles. The fourth-order valence-corrected chi connectivity index (χ4v) is 1.04. The molecule has 0 spiro atoms. The molecule has 0 heterocycles. The van der Waals surface area contributed by atoms with Crippen LogP contribution < -0.4 is 11.1 Å². The molecule has 78 valence electrons. The van der Waals surface area contributed by atoms with E-state index in [9.17, 15) is 4.79 Å². The SMILES string of the molecule is CC(C)(C)NCCCCC(N)C=O. The molecule has 0 saturated carbocycles. The number of rotatable bonds is 6. The molecular weight excluding hydrogens is 164 g/mol. The van der Waals surface area contributed by atoms with Gasteiger partial charge in [-0.25, -0.2) is 0 Å². The van der Waals surface area contributed by atoms with Gasteiger partial charge in [0, 0.05) is 5.54 Å². The first-order chi connectivity index (χ1) is 5.95. The number of carbonyl (C=O) groups is 1. The molecule has 0 aromatic heterocycles. The average molecular weight is 186 g/mol. The zero-order valence-corrected chi connectivity index (χ0v) is 8.97. The molecule has 0 amide bonds. The fourth-order valence-electron chi connectivity index (χ4n) is 1.04. The maximum absolute atomic E-state index is 10.2. The van der Waals surface area contributed by atoms with Crippen molar-refractivity contribution in [2.45, 2.75) is 51.6 Å². The minimum atomic E-state index is -0.269. The van der Waals surface area contributed by atoms with Crippen molar-refractivity contribution < 1.29 is 4.79 Å². The van der Waals surface area contributed by atoms with Gasteiger partial charge in [-0.3, -0.25) is 0 Å². The van der Waals surface area contributed by atoms with E-state index >= 15 is 0 Å². The highest BCUT2D eigenvalue weighted by atomic mass is 16.1. The molecule has 3 nitrogen and oxygen atoms in total. The van der Waals surface area contributed by atoms with Crippen molar-refractivity contribution in [1.29, 1.82) is 0 Å². The van der Waals surface area contributed by atoms with E-state index in [2.05, 4.69) is 26.1 Å². The molecule has 0 bridgehead atoms. The number of nitrogens with two attached hydrogens (primary N) is 1. The summed E-state index contributed by atoms with van der Waals surface area (Å²) in [5.74, 6) is 0. The lowest BCUT2D eigenvalue weighted by atomic mass is 10.1. The van der Waals surface area contributed by atoms with Crippen molar-refractivity contribution in [3.63, 3.8) is 0 Å². The van der Waals surface area contributed by atoms with Crippen molar-refractivity contribution in [3.8, 4) is 0 Å². The van der Waals surface area contributed by atoms with Gasteiger partial charge in [-0.05, 0) is 40.2 Å². The third-order valence-corrected chi connectivity index (χ3v) is 1.79. The number of hydrogen-bond acceptors (Lipinski definition) is 3. The maximum atomic E-state index is 10.2. The summed E-state index contributed by atoms with van der Waals surface area (Å²) in [6, 6.07) is -0.269. The highest BCUT2D eigenvalue weighted by molar-refractivity contribution is 5.56. The first kappa shape index (κ1) is 12.6. The summed E-state index contributed by atoms with van der Waals surface area (Å²) < 4.78 is 0. The van der Waals surface area contributed by atoms with Gasteiger partial charge in [-0.1, -0.05) is 6.42 Å². The smallest absolute Gasteiger partial charge is 0.136 e. The molecule has 3 N–H and O–H groups in total. The van der Waals surface area contributed by atoms with E-state index in [0.29, 0.717) is 0 Å². The van der Waals surface area contributed by atoms with E-state index in [4.69, 9.17) is 5.73 Å². The highest BCUT2D eigenvalue weighted by Crippen LogP contribution is 2.01. The van der Waals surface area contributed by atoms with Crippen LogP contribution in [0.25, 0.3) is 0 Å². The lowest BCUT2D eigenvalue weighted by Crippen LogP contribution is -2.36. The molecule has 0 aliphatic heterocycles. The van der Waals surface area contributed by atoms with Crippen LogP contribution >= 0.6 is 0 Å². The van der Waals surface area contributed by atoms with Crippen molar-refractivity contribution in [2.24, 2.45) is 5.73 Å². The van der Waals surface area contributed by atoms with Crippen LogP contribution in [0.1, 0.15) is 40.0 Å². The van der Waals surface area contributed by atoms with Gasteiger partial charge in [-0.15, -0.1) is 0 Å². The molecule has 0 radical (unpaired) electrons. The molecule has 0 rings (SSSR count). The quantitative estimate of drug-likeness (QED) is 0.482. The lowest BCUT2D eigenvalue weighted by molar-refractivity contribution is -0.109. The van der Waals surface area contributed by atoms with Crippen LogP contribution in [0.2, 0.25) is 0 Å². The third kappa shape index (κ3) is 9.50. The van der Waals surface area contributed by atoms with Crippen LogP contribution in [0, 0.1) is 0 Å². The molecule has 0 aliphatic rings. The van der Waals surface area contributed by atoms with Crippen LogP contribution in [0.15, 0.2) is 0 Å². The van der Waals surface area contributed by atoms with Gasteiger partial charge in [0.05, 0.1) is 6.04 Å². The van der Waals surface area contributed by atoms with Crippen LogP contribution in [-0.4, -0.2) is 24.4 Å². The lowest BCUT2D eigenvalue weighted by Gasteiger charge is -2.20. The van der Waals surface area contributed by atoms with Crippen molar-refractivity contribution in [2.75, 3.05) is 6.54 Å². The summed E-state index contributed by atoms with van der Waals surface area (Å²) in [7, 11) is 0. The predicted molar refractivity (Wildman–Crippen MR) is 55.6 cm³/mol. The van der Waals surface area contributed by atoms with Gasteiger partial charge in [0.2, 0.25) is 0 Å². The fraction of sp³-hybridized carbons (Fsp3) is 0.900. The number of nitrogens with one attached hydrogen (secondary N) is 1. The van der Waals surface area contributed by atoms with Gasteiger partial charge in [-0.2, -0.15) is 0 Å². The molecule has 13 heavy (non-hydrogen) atoms. The van der Waals surface area contributed by atoms with Gasteiger partial charge in [0.1, 0.15) is 6.29 Å². The molecule has 1 atom stereocenters. The van der Waals surface area contributed by atoms with Crippen molar-refractivity contribution in [1.82, 2.24) is 5.32 Å². The van der Waals surface area contributed by atoms with E-state index < -0.39 is 0 Å². The van der Waals surface area contributed by atoms with E-state index in [-0.39, 0.29) is 11.6 Å². The summed E-state index contributed by atoms with van der Waals surface area (Å²) in [5, 5.41) is 3.38. The summed E-state index contributed by atoms with van der Waals surface area (Å²) in [4.78, 5) is 10.2. The Labute approximate surface area is 81.1 Å². The van der Waals surface area contributed by atoms with Crippen LogP contribution in [0.3, 0.4) is 0 Å². The van der Waals surface area contributed by atoms with Gasteiger partial charge < -0.3 is 15.8 Å². The zero-order valence-electron chi connectivity index (χ0n) is 8.97. The van der Waals surface area contributed by atoms with Crippen molar-refractivity contribution in [3.05, 3.63) is 0 Å². The second-order valence-corrected chi connectivity index (χ2v) is 4.47. The number of unbranched alkanes of at least 4 members (excludes halogenated alkanes) is 1. The standard InChI is InChI=1S/C10H22N2O/c1-10(2,3)12-7-5-4-6-9(11)8-13/h8-9,12H,4-7,11H2,1-3H3. The first-order valence-corrected chi connectivity index (χ1v) is 4.91. The zero-order chi connectivity index (χ0) is 10.3. The Bertz CT molecular complexity index is 140. The predicted octanol–water partition coefficient (Wildman–Crippen LogP) is 1.07. The Morgan fingerprint density at radius 2 is 2.00 bits per heavy atom. The molecule has 0 fully saturated rings. The van der Waals surface area contributed by atoms with Gasteiger partial charge in [0.25, 0.3) is 0 Å². The highest BCUT2D eigenvalue weighted by Gasteiger charge is 2.07. The molecule has 0 saturated heterocycles. The average Bonchev–Trinajstić information content (AvgIpc) is 2.01. The topological polar surface area (TPSA) is 55.1 Å². The van der Waals surface area contributed by atoms with E-state index in [0.717, 1.165) is 32.1 Å². The van der Waals surface area contributed by atoms with E-state index in [1.807, 2.05) is 0 Å². The van der Waals surface area contributed by atoms with E-state index in [1.165, 1.54) is 0 Å². The van der Waals surface area contributed by atoms with Crippen molar-refractivity contribution >= 4 is 6.29 Å². The molecule has 0 aromatic rings. The monoisotopic (exact) mass is 186 g/mol. The number of hydrogen-bond donors (Lipinski definition) is 2. The Morgan fingerprint density at radius 3 is 2.46 bits per heavy atom. The Balaban J connectivity index is 3.22. The molecule has 3 heteroatoms. The summed E-state index contributed by atoms with van der Waals surface area (Å²) in [6.45, 7) is 7.42. The van der Waals surface area contributed by atoms with Gasteiger partial charge >= 0.3 is 0 Å². The minimum absolute atomic E-state index is 0.187. The third-order valence-electron chi connectivity index (χ3n) is 1.79. The number of aldehydes is 1. The van der Waals surface area contributed by atoms with Crippen LogP contribution in [-0.2, 0) is 4.79 Å². The number of carbonyl (C=O) groups excluding carboxylic acids is 1. The van der Waals surface area contributed by atoms with Crippen LogP contribution in [0.5, 0.6) is 0 Å². The van der Waals surface area contributed by atoms with Gasteiger partial charge in [0.15, 0.2) is 0 Å².